The topological polar surface area (TPSA) is 76.1 Å². The lowest BCUT2D eigenvalue weighted by molar-refractivity contribution is -0.123. The molecule has 5 heteroatoms. The number of nitrogens with zero attached hydrogens (tertiary/aromatic N) is 1. The van der Waals surface area contributed by atoms with Crippen LogP contribution in [0.5, 0.6) is 0 Å². The minimum Gasteiger partial charge on any atom is -0.352 e. The standard InChI is InChI=1S/C14H18O.C10H8N2O2/c1-11(12-7-3-2-4-8-12)14(15)13-9-5-6-10-13;1-6-8(10(14)9(6)13)12-7-2-4-11-5-3-7/h2-4,7-8,11,13H,5-6,9-10H2,1H3;2-5H,1H3,(H,11,12). The molecule has 5 nitrogen and oxygen atoms in total. The molecule has 0 bridgehead atoms. The van der Waals surface area contributed by atoms with Gasteiger partial charge in [-0.05, 0) is 37.5 Å². The first kappa shape index (κ1) is 20.6. The Morgan fingerprint density at radius 1 is 1.00 bits per heavy atom. The van der Waals surface area contributed by atoms with Crippen LogP contribution in [0.25, 0.3) is 0 Å². The molecule has 1 heterocycles. The van der Waals surface area contributed by atoms with E-state index in [1.54, 1.807) is 31.5 Å². The molecule has 0 aliphatic heterocycles. The molecule has 1 aliphatic carbocycles. The Bertz CT molecular complexity index is 1020. The molecule has 1 unspecified atom stereocenters. The van der Waals surface area contributed by atoms with Crippen molar-refractivity contribution in [1.82, 2.24) is 4.98 Å². The van der Waals surface area contributed by atoms with E-state index in [9.17, 15) is 14.4 Å². The summed E-state index contributed by atoms with van der Waals surface area (Å²) >= 11 is 0. The van der Waals surface area contributed by atoms with Gasteiger partial charge in [-0.25, -0.2) is 0 Å². The van der Waals surface area contributed by atoms with Crippen molar-refractivity contribution in [2.75, 3.05) is 5.32 Å². The van der Waals surface area contributed by atoms with E-state index in [4.69, 9.17) is 0 Å². The van der Waals surface area contributed by atoms with Gasteiger partial charge in [0.25, 0.3) is 0 Å². The van der Waals surface area contributed by atoms with Gasteiger partial charge >= 0.3 is 0 Å². The lowest BCUT2D eigenvalue weighted by Gasteiger charge is -2.15. The number of carbonyl (C=O) groups is 1. The maximum absolute atomic E-state index is 12.1. The van der Waals surface area contributed by atoms with Crippen molar-refractivity contribution in [3.05, 3.63) is 86.4 Å². The maximum Gasteiger partial charge on any atom is 0.249 e. The molecule has 29 heavy (non-hydrogen) atoms. The van der Waals surface area contributed by atoms with Crippen LogP contribution in [0.4, 0.5) is 11.4 Å². The zero-order chi connectivity index (χ0) is 20.8. The summed E-state index contributed by atoms with van der Waals surface area (Å²) < 4.78 is 0. The highest BCUT2D eigenvalue weighted by Gasteiger charge is 2.27. The molecule has 0 radical (unpaired) electrons. The third kappa shape index (κ3) is 4.86. The van der Waals surface area contributed by atoms with Crippen molar-refractivity contribution >= 4 is 17.2 Å². The first-order valence-corrected chi connectivity index (χ1v) is 10.0. The second kappa shape index (κ2) is 9.41. The zero-order valence-corrected chi connectivity index (χ0v) is 16.9. The summed E-state index contributed by atoms with van der Waals surface area (Å²) in [6.45, 7) is 3.67. The smallest absolute Gasteiger partial charge is 0.249 e. The number of hydrogen-bond acceptors (Lipinski definition) is 5. The molecular formula is C24H26N2O3. The Balaban J connectivity index is 0.000000166. The van der Waals surface area contributed by atoms with Gasteiger partial charge in [0, 0.05) is 35.5 Å². The fourth-order valence-corrected chi connectivity index (χ4v) is 3.71. The number of ketones is 1. The van der Waals surface area contributed by atoms with Crippen LogP contribution in [0.15, 0.2) is 64.4 Å². The summed E-state index contributed by atoms with van der Waals surface area (Å²) in [6.07, 6.45) is 7.91. The van der Waals surface area contributed by atoms with Crippen LogP contribution in [0.3, 0.4) is 0 Å². The van der Waals surface area contributed by atoms with Gasteiger partial charge < -0.3 is 5.32 Å². The summed E-state index contributed by atoms with van der Waals surface area (Å²) in [7, 11) is 0. The van der Waals surface area contributed by atoms with Gasteiger partial charge in [0.2, 0.25) is 10.9 Å². The highest BCUT2D eigenvalue weighted by atomic mass is 16.2. The van der Waals surface area contributed by atoms with Crippen LogP contribution in [-0.2, 0) is 4.79 Å². The van der Waals surface area contributed by atoms with E-state index >= 15 is 0 Å². The normalized spacial score (nSPS) is 14.8. The number of Topliss-reactive ketones (excluding diaryl/α,β-unsaturated/α-hetero) is 1. The largest absolute Gasteiger partial charge is 0.352 e. The summed E-state index contributed by atoms with van der Waals surface area (Å²) in [6, 6.07) is 13.6. The fourth-order valence-electron chi connectivity index (χ4n) is 3.71. The summed E-state index contributed by atoms with van der Waals surface area (Å²) in [5, 5.41) is 2.88. The Morgan fingerprint density at radius 2 is 1.62 bits per heavy atom. The van der Waals surface area contributed by atoms with Crippen molar-refractivity contribution in [3.63, 3.8) is 0 Å². The SMILES string of the molecule is CC(C(=O)C1CCCC1)c1ccccc1.Cc1c(Nc2ccncc2)c(=O)c1=O. The summed E-state index contributed by atoms with van der Waals surface area (Å²) in [5.74, 6) is 0.855. The maximum atomic E-state index is 12.1. The van der Waals surface area contributed by atoms with Gasteiger partial charge in [0.05, 0.1) is 5.69 Å². The number of pyridine rings is 1. The van der Waals surface area contributed by atoms with Crippen molar-refractivity contribution in [2.45, 2.75) is 45.4 Å². The molecule has 0 saturated heterocycles. The average Bonchev–Trinajstić information content (AvgIpc) is 3.32. The summed E-state index contributed by atoms with van der Waals surface area (Å²) in [4.78, 5) is 38.0. The predicted octanol–water partition coefficient (Wildman–Crippen LogP) is 4.28. The van der Waals surface area contributed by atoms with E-state index in [-0.39, 0.29) is 5.92 Å². The number of aromatic nitrogens is 1. The molecule has 1 atom stereocenters. The van der Waals surface area contributed by atoms with E-state index in [0.717, 1.165) is 24.1 Å². The number of anilines is 2. The molecule has 1 saturated carbocycles. The number of hydrogen-bond donors (Lipinski definition) is 1. The highest BCUT2D eigenvalue weighted by molar-refractivity contribution is 5.87. The minimum absolute atomic E-state index is 0.0781. The van der Waals surface area contributed by atoms with Gasteiger partial charge in [-0.1, -0.05) is 50.1 Å². The Kier molecular flexibility index (Phi) is 6.70. The van der Waals surface area contributed by atoms with Gasteiger partial charge in [-0.3, -0.25) is 19.4 Å². The molecule has 1 N–H and O–H groups in total. The van der Waals surface area contributed by atoms with Gasteiger partial charge in [0.15, 0.2) is 0 Å². The van der Waals surface area contributed by atoms with E-state index < -0.39 is 10.9 Å². The van der Waals surface area contributed by atoms with E-state index in [2.05, 4.69) is 22.4 Å². The lowest BCUT2D eigenvalue weighted by atomic mass is 9.88. The van der Waals surface area contributed by atoms with E-state index in [0.29, 0.717) is 23.0 Å². The predicted molar refractivity (Wildman–Crippen MR) is 115 cm³/mol. The molecular weight excluding hydrogens is 364 g/mol. The number of carbonyl (C=O) groups excluding carboxylic acids is 1. The minimum atomic E-state index is -0.445. The zero-order valence-electron chi connectivity index (χ0n) is 16.9. The first-order valence-electron chi connectivity index (χ1n) is 10.0. The van der Waals surface area contributed by atoms with Crippen LogP contribution in [-0.4, -0.2) is 10.8 Å². The van der Waals surface area contributed by atoms with Crippen LogP contribution in [0.2, 0.25) is 0 Å². The Hall–Kier alpha value is -3.08. The monoisotopic (exact) mass is 390 g/mol. The van der Waals surface area contributed by atoms with Crippen LogP contribution >= 0.6 is 0 Å². The van der Waals surface area contributed by atoms with Crippen molar-refractivity contribution in [2.24, 2.45) is 5.92 Å². The fraction of sp³-hybridized carbons (Fsp3) is 0.333. The van der Waals surface area contributed by atoms with Crippen LogP contribution in [0, 0.1) is 12.8 Å². The lowest BCUT2D eigenvalue weighted by Crippen LogP contribution is -2.35. The quantitative estimate of drug-likeness (QED) is 0.658. The number of nitrogens with one attached hydrogen (secondary N) is 1. The molecule has 0 amide bonds. The van der Waals surface area contributed by atoms with E-state index in [1.165, 1.54) is 12.8 Å². The number of rotatable bonds is 5. The van der Waals surface area contributed by atoms with Crippen molar-refractivity contribution in [3.8, 4) is 0 Å². The molecule has 2 aromatic carbocycles. The molecule has 150 valence electrons. The Labute approximate surface area is 170 Å². The third-order valence-corrected chi connectivity index (χ3v) is 5.58. The number of benzene rings is 1. The highest BCUT2D eigenvalue weighted by Crippen LogP contribution is 2.30. The van der Waals surface area contributed by atoms with Gasteiger partial charge in [-0.2, -0.15) is 0 Å². The molecule has 1 aliphatic rings. The van der Waals surface area contributed by atoms with Gasteiger partial charge in [0.1, 0.15) is 5.78 Å². The average molecular weight is 390 g/mol. The summed E-state index contributed by atoms with van der Waals surface area (Å²) in [5.41, 5.74) is 1.96. The molecule has 0 spiro atoms. The third-order valence-electron chi connectivity index (χ3n) is 5.58. The van der Waals surface area contributed by atoms with Gasteiger partial charge in [-0.15, -0.1) is 0 Å². The molecule has 4 rings (SSSR count). The van der Waals surface area contributed by atoms with Crippen molar-refractivity contribution < 1.29 is 4.79 Å². The first-order chi connectivity index (χ1) is 14.0. The molecule has 1 fully saturated rings. The molecule has 3 aromatic rings. The second-order valence-electron chi connectivity index (χ2n) is 7.54. The Morgan fingerprint density at radius 3 is 2.21 bits per heavy atom. The van der Waals surface area contributed by atoms with E-state index in [1.807, 2.05) is 25.1 Å². The van der Waals surface area contributed by atoms with Crippen molar-refractivity contribution in [1.29, 1.82) is 0 Å². The van der Waals surface area contributed by atoms with Crippen LogP contribution < -0.4 is 16.2 Å². The second-order valence-corrected chi connectivity index (χ2v) is 7.54. The van der Waals surface area contributed by atoms with Crippen LogP contribution in [0.1, 0.15) is 49.7 Å². The molecule has 1 aromatic heterocycles.